The molecule has 2 aliphatic heterocycles. The number of piperazine rings is 1. The molecule has 5 nitrogen and oxygen atoms in total. The predicted molar refractivity (Wildman–Crippen MR) is 142 cm³/mol. The molecular weight excluding hydrogens is 434 g/mol. The summed E-state index contributed by atoms with van der Waals surface area (Å²) in [6, 6.07) is 25.3. The van der Waals surface area contributed by atoms with Gasteiger partial charge in [0.15, 0.2) is 5.78 Å². The number of carbonyl (C=O) groups excluding carboxylic acids is 1. The molecule has 178 valence electrons. The van der Waals surface area contributed by atoms with E-state index >= 15 is 0 Å². The van der Waals surface area contributed by atoms with Crippen molar-refractivity contribution in [3.63, 3.8) is 0 Å². The molecule has 0 bridgehead atoms. The first-order valence-corrected chi connectivity index (χ1v) is 12.5. The molecule has 2 heterocycles. The third-order valence-corrected chi connectivity index (χ3v) is 7.44. The van der Waals surface area contributed by atoms with Crippen LogP contribution in [0, 0.1) is 0 Å². The first-order chi connectivity index (χ1) is 17.2. The predicted octanol–water partition coefficient (Wildman–Crippen LogP) is 4.43. The lowest BCUT2D eigenvalue weighted by Crippen LogP contribution is -2.44. The van der Waals surface area contributed by atoms with Crippen LogP contribution in [-0.4, -0.2) is 70.2 Å². The minimum absolute atomic E-state index is 0.119. The maximum atomic E-state index is 14.0. The third-order valence-electron chi connectivity index (χ3n) is 7.44. The molecule has 1 aliphatic carbocycles. The van der Waals surface area contributed by atoms with Crippen LogP contribution in [0.5, 0.6) is 0 Å². The van der Waals surface area contributed by atoms with Gasteiger partial charge in [0.1, 0.15) is 0 Å². The van der Waals surface area contributed by atoms with Gasteiger partial charge >= 0.3 is 0 Å². The number of hydrogen-bond acceptors (Lipinski definition) is 5. The summed E-state index contributed by atoms with van der Waals surface area (Å²) in [5.41, 5.74) is 8.03. The number of allylic oxidation sites excluding steroid dienone is 1. The van der Waals surface area contributed by atoms with E-state index in [0.717, 1.165) is 97.3 Å². The van der Waals surface area contributed by atoms with Crippen molar-refractivity contribution in [3.05, 3.63) is 95.1 Å². The molecule has 0 radical (unpaired) electrons. The Balaban J connectivity index is 1.43. The second kappa shape index (κ2) is 9.33. The number of anilines is 2. The van der Waals surface area contributed by atoms with E-state index in [1.165, 1.54) is 0 Å². The number of ether oxygens (including phenoxy) is 1. The van der Waals surface area contributed by atoms with Crippen molar-refractivity contribution in [2.24, 2.45) is 0 Å². The molecule has 0 unspecified atom stereocenters. The summed E-state index contributed by atoms with van der Waals surface area (Å²) in [7, 11) is 2.16. The first-order valence-electron chi connectivity index (χ1n) is 12.5. The number of morpholine rings is 1. The van der Waals surface area contributed by atoms with E-state index in [1.54, 1.807) is 0 Å². The van der Waals surface area contributed by atoms with Gasteiger partial charge in [-0.05, 0) is 48.0 Å². The molecule has 2 saturated heterocycles. The zero-order valence-corrected chi connectivity index (χ0v) is 20.2. The number of nitrogens with zero attached hydrogens (tertiary/aromatic N) is 3. The Kier molecular flexibility index (Phi) is 5.88. The quantitative estimate of drug-likeness (QED) is 0.570. The van der Waals surface area contributed by atoms with Crippen molar-refractivity contribution < 1.29 is 9.53 Å². The molecule has 2 fully saturated rings. The molecular formula is C30H31N3O2. The second-order valence-corrected chi connectivity index (χ2v) is 9.62. The molecule has 3 aromatic rings. The zero-order chi connectivity index (χ0) is 23.8. The van der Waals surface area contributed by atoms with Gasteiger partial charge < -0.3 is 19.4 Å². The fraction of sp³-hybridized carbons (Fsp3) is 0.300. The van der Waals surface area contributed by atoms with Crippen molar-refractivity contribution in [1.29, 1.82) is 0 Å². The minimum atomic E-state index is 0.119. The van der Waals surface area contributed by atoms with E-state index in [2.05, 4.69) is 76.3 Å². The minimum Gasteiger partial charge on any atom is -0.378 e. The van der Waals surface area contributed by atoms with E-state index < -0.39 is 0 Å². The molecule has 0 aromatic heterocycles. The lowest BCUT2D eigenvalue weighted by Gasteiger charge is -2.34. The van der Waals surface area contributed by atoms with E-state index in [9.17, 15) is 4.79 Å². The standard InChI is InChI=1S/C30H31N3O2/c1-31-12-14-32(15-13-31)25-10-11-26-27(21-25)30(34)29(28(26)22-6-3-2-4-7-22)23-8-5-9-24(20-23)33-16-18-35-19-17-33/h2-11,20-21H,12-19H2,1H3. The van der Waals surface area contributed by atoms with Crippen LogP contribution in [0.2, 0.25) is 0 Å². The molecule has 0 saturated carbocycles. The number of carbonyl (C=O) groups is 1. The normalized spacial score (nSPS) is 18.8. The largest absolute Gasteiger partial charge is 0.378 e. The maximum absolute atomic E-state index is 14.0. The Morgan fingerprint density at radius 1 is 0.629 bits per heavy atom. The summed E-state index contributed by atoms with van der Waals surface area (Å²) in [4.78, 5) is 21.1. The number of benzene rings is 3. The summed E-state index contributed by atoms with van der Waals surface area (Å²) in [5.74, 6) is 0.119. The SMILES string of the molecule is CN1CCN(c2ccc3c(c2)C(=O)C(c2cccc(N4CCOCC4)c2)=C3c2ccccc2)CC1. The average Bonchev–Trinajstić information content (AvgIpc) is 3.22. The van der Waals surface area contributed by atoms with Crippen molar-refractivity contribution in [2.75, 3.05) is 69.3 Å². The summed E-state index contributed by atoms with van der Waals surface area (Å²) in [6.45, 7) is 7.26. The van der Waals surface area contributed by atoms with Crippen LogP contribution >= 0.6 is 0 Å². The number of hydrogen-bond donors (Lipinski definition) is 0. The van der Waals surface area contributed by atoms with Gasteiger partial charge in [-0.1, -0.05) is 48.5 Å². The first kappa shape index (κ1) is 22.1. The number of fused-ring (bicyclic) bond motifs is 1. The van der Waals surface area contributed by atoms with Crippen molar-refractivity contribution in [2.45, 2.75) is 0 Å². The Labute approximate surface area is 207 Å². The van der Waals surface area contributed by atoms with Crippen molar-refractivity contribution in [3.8, 4) is 0 Å². The molecule has 5 heteroatoms. The average molecular weight is 466 g/mol. The summed E-state index contributed by atoms with van der Waals surface area (Å²) in [6.07, 6.45) is 0. The molecule has 0 atom stereocenters. The number of ketones is 1. The number of likely N-dealkylation sites (N-methyl/N-ethyl adjacent to an activating group) is 1. The van der Waals surface area contributed by atoms with E-state index in [4.69, 9.17) is 4.74 Å². The van der Waals surface area contributed by atoms with Gasteiger partial charge in [-0.2, -0.15) is 0 Å². The van der Waals surface area contributed by atoms with Crippen LogP contribution in [0.3, 0.4) is 0 Å². The van der Waals surface area contributed by atoms with Crippen LogP contribution in [-0.2, 0) is 4.74 Å². The van der Waals surface area contributed by atoms with Gasteiger partial charge in [0.2, 0.25) is 0 Å². The smallest absolute Gasteiger partial charge is 0.194 e. The molecule has 3 aliphatic rings. The molecule has 35 heavy (non-hydrogen) atoms. The summed E-state index contributed by atoms with van der Waals surface area (Å²) in [5, 5.41) is 0. The Morgan fingerprint density at radius 2 is 1.31 bits per heavy atom. The highest BCUT2D eigenvalue weighted by molar-refractivity contribution is 6.41. The van der Waals surface area contributed by atoms with E-state index in [1.807, 2.05) is 18.2 Å². The fourth-order valence-electron chi connectivity index (χ4n) is 5.44. The lowest BCUT2D eigenvalue weighted by molar-refractivity contribution is 0.105. The molecule has 0 N–H and O–H groups in total. The molecule has 0 spiro atoms. The Bertz CT molecular complexity index is 1270. The van der Waals surface area contributed by atoms with Crippen LogP contribution < -0.4 is 9.80 Å². The maximum Gasteiger partial charge on any atom is 0.194 e. The fourth-order valence-corrected chi connectivity index (χ4v) is 5.44. The summed E-state index contributed by atoms with van der Waals surface area (Å²) < 4.78 is 5.54. The number of rotatable bonds is 4. The van der Waals surface area contributed by atoms with Crippen LogP contribution in [0.25, 0.3) is 11.1 Å². The topological polar surface area (TPSA) is 36.0 Å². The van der Waals surface area contributed by atoms with Gasteiger partial charge in [-0.25, -0.2) is 0 Å². The molecule has 6 rings (SSSR count). The zero-order valence-electron chi connectivity index (χ0n) is 20.2. The van der Waals surface area contributed by atoms with Gasteiger partial charge in [0, 0.05) is 67.4 Å². The van der Waals surface area contributed by atoms with Gasteiger partial charge in [-0.3, -0.25) is 4.79 Å². The summed E-state index contributed by atoms with van der Waals surface area (Å²) >= 11 is 0. The lowest BCUT2D eigenvalue weighted by atomic mass is 9.94. The molecule has 3 aromatic carbocycles. The highest BCUT2D eigenvalue weighted by atomic mass is 16.5. The van der Waals surface area contributed by atoms with Crippen LogP contribution in [0.1, 0.15) is 27.0 Å². The highest BCUT2D eigenvalue weighted by Crippen LogP contribution is 2.44. The van der Waals surface area contributed by atoms with Gasteiger partial charge in [-0.15, -0.1) is 0 Å². The van der Waals surface area contributed by atoms with E-state index in [-0.39, 0.29) is 5.78 Å². The number of Topliss-reactive ketones (excluding diaryl/α,β-unsaturated/α-hetero) is 1. The Morgan fingerprint density at radius 3 is 2.09 bits per heavy atom. The van der Waals surface area contributed by atoms with Gasteiger partial charge in [0.25, 0.3) is 0 Å². The van der Waals surface area contributed by atoms with Gasteiger partial charge in [0.05, 0.1) is 13.2 Å². The second-order valence-electron chi connectivity index (χ2n) is 9.62. The van der Waals surface area contributed by atoms with Crippen molar-refractivity contribution in [1.82, 2.24) is 4.90 Å². The third kappa shape index (κ3) is 4.15. The van der Waals surface area contributed by atoms with Crippen LogP contribution in [0.15, 0.2) is 72.8 Å². The highest BCUT2D eigenvalue weighted by Gasteiger charge is 2.32. The Hall–Kier alpha value is -3.41. The monoisotopic (exact) mass is 465 g/mol. The van der Waals surface area contributed by atoms with E-state index in [0.29, 0.717) is 0 Å². The van der Waals surface area contributed by atoms with Crippen molar-refractivity contribution >= 4 is 28.3 Å². The van der Waals surface area contributed by atoms with Crippen LogP contribution in [0.4, 0.5) is 11.4 Å². The molecule has 0 amide bonds.